The van der Waals surface area contributed by atoms with Gasteiger partial charge in [0.1, 0.15) is 54.4 Å². The molecule has 0 aromatic heterocycles. The van der Waals surface area contributed by atoms with Gasteiger partial charge in [-0.2, -0.15) is 0 Å². The lowest BCUT2D eigenvalue weighted by molar-refractivity contribution is -0.149. The van der Waals surface area contributed by atoms with E-state index < -0.39 is 136 Å². The average molecular weight is 1070 g/mol. The molecule has 1 unspecified atom stereocenters. The zero-order valence-corrected chi connectivity index (χ0v) is 46.7. The predicted octanol–water partition coefficient (Wildman–Crippen LogP) is 2.42. The van der Waals surface area contributed by atoms with Crippen LogP contribution in [0.2, 0.25) is 0 Å². The van der Waals surface area contributed by atoms with E-state index in [9.17, 15) is 47.4 Å². The van der Waals surface area contributed by atoms with Gasteiger partial charge in [0, 0.05) is 48.7 Å². The Kier molecular flexibility index (Phi) is 23.0. The summed E-state index contributed by atoms with van der Waals surface area (Å²) in [6.07, 6.45) is 4.03. The van der Waals surface area contributed by atoms with E-state index in [2.05, 4.69) is 37.2 Å². The fourth-order valence-corrected chi connectivity index (χ4v) is 10.6. The Hall–Kier alpha value is -6.18. The summed E-state index contributed by atoms with van der Waals surface area (Å²) in [7, 11) is -1.39. The SMILES string of the molecule is CC[C@@H](C)[C@@H]1NC(=O)[C@@H](C(C)C)NC(=O)[C@@H](Cc2ccccc2)NC(=O)[C@@H](Cc2ccccc2)NC(=O)[C@@H]2CCCN2C(=O)[C@H]2CCCN2C(=O)[C@@H]([C@@H](C)CC)NC(=O)[C@@H](CC(C)C)NC(=O)[C@H](CCS(C)=O)NC1=O. The van der Waals surface area contributed by atoms with E-state index in [0.29, 0.717) is 49.7 Å². The number of carbonyl (C=O) groups excluding carboxylic acids is 9. The first-order chi connectivity index (χ1) is 36.1. The summed E-state index contributed by atoms with van der Waals surface area (Å²) in [4.78, 5) is 134. The van der Waals surface area contributed by atoms with Gasteiger partial charge in [-0.05, 0) is 73.3 Å². The van der Waals surface area contributed by atoms with E-state index in [1.807, 2.05) is 58.9 Å². The van der Waals surface area contributed by atoms with Gasteiger partial charge in [-0.15, -0.1) is 0 Å². The number of carbonyl (C=O) groups is 9. The second kappa shape index (κ2) is 28.8. The van der Waals surface area contributed by atoms with Crippen LogP contribution in [0.3, 0.4) is 0 Å². The third-order valence-electron chi connectivity index (χ3n) is 15.0. The molecule has 19 nitrogen and oxygen atoms in total. The monoisotopic (exact) mass is 1070 g/mol. The molecule has 0 radical (unpaired) electrons. The first-order valence-electron chi connectivity index (χ1n) is 27.2. The van der Waals surface area contributed by atoms with Gasteiger partial charge in [0.2, 0.25) is 53.2 Å². The Morgan fingerprint density at radius 1 is 0.500 bits per heavy atom. The topological polar surface area (TPSA) is 261 Å². The highest BCUT2D eigenvalue weighted by Crippen LogP contribution is 2.27. The second-order valence-corrected chi connectivity index (χ2v) is 23.2. The molecule has 9 amide bonds. The maximum atomic E-state index is 14.8. The quantitative estimate of drug-likeness (QED) is 0.145. The number of nitrogens with one attached hydrogen (secondary N) is 7. The number of nitrogens with zero attached hydrogens (tertiary/aromatic N) is 2. The first-order valence-corrected chi connectivity index (χ1v) is 29.0. The van der Waals surface area contributed by atoms with Crippen molar-refractivity contribution < 1.29 is 47.4 Å². The lowest BCUT2D eigenvalue weighted by Crippen LogP contribution is -2.62. The number of fused-ring (bicyclic) bond motifs is 2. The zero-order chi connectivity index (χ0) is 55.8. The van der Waals surface area contributed by atoms with E-state index in [-0.39, 0.29) is 50.4 Å². The molecule has 2 aromatic rings. The number of rotatable bonds is 14. The Morgan fingerprint density at radius 3 is 1.45 bits per heavy atom. The molecule has 20 heteroatoms. The molecule has 76 heavy (non-hydrogen) atoms. The van der Waals surface area contributed by atoms with E-state index in [1.54, 1.807) is 57.2 Å². The third-order valence-corrected chi connectivity index (χ3v) is 15.8. The molecule has 0 bridgehead atoms. The molecular weight excluding hydrogens is 991 g/mol. The maximum absolute atomic E-state index is 14.8. The second-order valence-electron chi connectivity index (χ2n) is 21.7. The summed E-state index contributed by atoms with van der Waals surface area (Å²) in [5, 5.41) is 20.0. The van der Waals surface area contributed by atoms with Crippen LogP contribution in [0.5, 0.6) is 0 Å². The van der Waals surface area contributed by atoms with Crippen molar-refractivity contribution in [1.82, 2.24) is 47.0 Å². The van der Waals surface area contributed by atoms with E-state index in [0.717, 1.165) is 0 Å². The molecule has 2 aromatic carbocycles. The summed E-state index contributed by atoms with van der Waals surface area (Å²) in [5.74, 6) is -7.25. The third kappa shape index (κ3) is 16.7. The molecule has 418 valence electrons. The Balaban J connectivity index is 1.61. The molecule has 3 heterocycles. The van der Waals surface area contributed by atoms with Crippen LogP contribution in [0.1, 0.15) is 118 Å². The predicted molar refractivity (Wildman–Crippen MR) is 290 cm³/mol. The van der Waals surface area contributed by atoms with Crippen LogP contribution in [0, 0.1) is 23.7 Å². The van der Waals surface area contributed by atoms with Gasteiger partial charge in [0.25, 0.3) is 0 Å². The van der Waals surface area contributed by atoms with Crippen molar-refractivity contribution in [1.29, 1.82) is 0 Å². The molecular formula is C56H83N9O10S. The molecule has 3 aliphatic heterocycles. The van der Waals surface area contributed by atoms with Crippen LogP contribution in [0.25, 0.3) is 0 Å². The van der Waals surface area contributed by atoms with Gasteiger partial charge in [0.15, 0.2) is 0 Å². The number of hydrogen-bond acceptors (Lipinski definition) is 10. The minimum Gasteiger partial charge on any atom is -0.343 e. The van der Waals surface area contributed by atoms with Crippen LogP contribution in [-0.2, 0) is 66.8 Å². The van der Waals surface area contributed by atoms with Gasteiger partial charge in [0.05, 0.1) is 0 Å². The number of hydrogen-bond donors (Lipinski definition) is 7. The Labute approximate surface area is 451 Å². The molecule has 0 spiro atoms. The highest BCUT2D eigenvalue weighted by atomic mass is 32.2. The molecule has 0 saturated carbocycles. The minimum absolute atomic E-state index is 0.000696. The fourth-order valence-electron chi connectivity index (χ4n) is 10.1. The van der Waals surface area contributed by atoms with Crippen molar-refractivity contribution in [2.24, 2.45) is 23.7 Å². The lowest BCUT2D eigenvalue weighted by Gasteiger charge is -2.35. The van der Waals surface area contributed by atoms with Gasteiger partial charge >= 0.3 is 0 Å². The maximum Gasteiger partial charge on any atom is 0.246 e. The zero-order valence-electron chi connectivity index (χ0n) is 45.9. The summed E-state index contributed by atoms with van der Waals surface area (Å²) in [6, 6.07) is 7.55. The average Bonchev–Trinajstić information content (AvgIpc) is 4.10. The number of amides is 9. The van der Waals surface area contributed by atoms with Crippen LogP contribution < -0.4 is 37.2 Å². The minimum atomic E-state index is -1.39. The largest absolute Gasteiger partial charge is 0.343 e. The Bertz CT molecular complexity index is 2370. The van der Waals surface area contributed by atoms with Crippen LogP contribution in [-0.4, -0.2) is 147 Å². The van der Waals surface area contributed by atoms with Gasteiger partial charge in [-0.3, -0.25) is 47.4 Å². The van der Waals surface area contributed by atoms with E-state index in [4.69, 9.17) is 0 Å². The van der Waals surface area contributed by atoms with Gasteiger partial charge in [-0.25, -0.2) is 0 Å². The Morgan fingerprint density at radius 2 is 0.921 bits per heavy atom. The van der Waals surface area contributed by atoms with E-state index in [1.165, 1.54) is 16.1 Å². The van der Waals surface area contributed by atoms with Crippen LogP contribution in [0.15, 0.2) is 60.7 Å². The highest BCUT2D eigenvalue weighted by molar-refractivity contribution is 7.84. The molecule has 5 rings (SSSR count). The molecule has 3 saturated heterocycles. The van der Waals surface area contributed by atoms with Crippen molar-refractivity contribution in [2.75, 3.05) is 25.1 Å². The normalized spacial score (nSPS) is 27.5. The molecule has 3 aliphatic rings. The lowest BCUT2D eigenvalue weighted by atomic mass is 9.95. The van der Waals surface area contributed by atoms with Gasteiger partial charge < -0.3 is 47.0 Å². The first kappa shape index (κ1) is 60.7. The summed E-state index contributed by atoms with van der Waals surface area (Å²) in [6.45, 7) is 14.9. The molecule has 7 N–H and O–H groups in total. The highest BCUT2D eigenvalue weighted by Gasteiger charge is 2.46. The van der Waals surface area contributed by atoms with Crippen molar-refractivity contribution in [3.05, 3.63) is 71.8 Å². The van der Waals surface area contributed by atoms with Gasteiger partial charge in [-0.1, -0.05) is 129 Å². The fraction of sp³-hybridized carbons (Fsp3) is 0.625. The van der Waals surface area contributed by atoms with E-state index >= 15 is 0 Å². The van der Waals surface area contributed by atoms with Crippen molar-refractivity contribution >= 4 is 64.0 Å². The van der Waals surface area contributed by atoms with Crippen molar-refractivity contribution in [2.45, 2.75) is 174 Å². The van der Waals surface area contributed by atoms with Crippen molar-refractivity contribution in [3.8, 4) is 0 Å². The standard InChI is InChI=1S/C56H83N9O10S/c1-10-35(7)46-54(72)57-39(26-29-76(9)75)48(66)58-40(30-33(3)4)50(68)63-47(36(8)11-2)56(74)65-28-19-25-44(65)55(73)64-27-18-24-43(64)52(70)60-41(31-37-20-14-12-15-21-37)49(67)59-42(32-38-22-16-13-17-23-38)51(69)61-45(34(5)6)53(71)62-46/h12-17,20-23,33-36,39-47H,10-11,18-19,24-32H2,1-9H3,(H,57,72)(H,58,66)(H,59,67)(H,60,70)(H,61,69)(H,62,71)(H,63,68)/t35-,36+,39+,40-,41-,42-,43+,44-,45-,46+,47-,76?/m1/s1. The molecule has 12 atom stereocenters. The van der Waals surface area contributed by atoms with Crippen molar-refractivity contribution in [3.63, 3.8) is 0 Å². The van der Waals surface area contributed by atoms with Crippen LogP contribution >= 0.6 is 0 Å². The van der Waals surface area contributed by atoms with Crippen LogP contribution in [0.4, 0.5) is 0 Å². The molecule has 0 aliphatic carbocycles. The summed E-state index contributed by atoms with van der Waals surface area (Å²) in [5.41, 5.74) is 1.40. The number of benzene rings is 2. The smallest absolute Gasteiger partial charge is 0.246 e. The molecule has 3 fully saturated rings. The summed E-state index contributed by atoms with van der Waals surface area (Å²) >= 11 is 0. The summed E-state index contributed by atoms with van der Waals surface area (Å²) < 4.78 is 12.5.